The fourth-order valence-electron chi connectivity index (χ4n) is 4.61. The van der Waals surface area contributed by atoms with E-state index in [0.29, 0.717) is 46.5 Å². The summed E-state index contributed by atoms with van der Waals surface area (Å²) in [5.74, 6) is 0.907. The lowest BCUT2D eigenvalue weighted by molar-refractivity contribution is -0.119. The fourth-order valence-corrected chi connectivity index (χ4v) is 4.61. The first-order chi connectivity index (χ1) is 17.9. The van der Waals surface area contributed by atoms with E-state index < -0.39 is 5.41 Å². The molecule has 1 amide bonds. The van der Waals surface area contributed by atoms with Crippen LogP contribution >= 0.6 is 0 Å². The van der Waals surface area contributed by atoms with Crippen LogP contribution < -0.4 is 10.6 Å². The molecular formula is C28H24FN7O. The number of nitrogens with one attached hydrogen (secondary N) is 2. The summed E-state index contributed by atoms with van der Waals surface area (Å²) in [5, 5.41) is 11.8. The lowest BCUT2D eigenvalue weighted by atomic mass is 9.87. The average molecular weight is 494 g/mol. The molecule has 0 spiro atoms. The molecule has 0 fully saturated rings. The van der Waals surface area contributed by atoms with Crippen LogP contribution in [0.15, 0.2) is 72.9 Å². The number of rotatable bonds is 6. The van der Waals surface area contributed by atoms with Crippen LogP contribution in [0.5, 0.6) is 0 Å². The Hall–Kier alpha value is -4.66. The Kier molecular flexibility index (Phi) is 5.40. The van der Waals surface area contributed by atoms with E-state index in [9.17, 15) is 9.18 Å². The molecule has 37 heavy (non-hydrogen) atoms. The van der Waals surface area contributed by atoms with Crippen LogP contribution in [0.1, 0.15) is 30.5 Å². The molecule has 9 heteroatoms. The quantitative estimate of drug-likeness (QED) is 0.349. The van der Waals surface area contributed by atoms with E-state index in [1.807, 2.05) is 56.3 Å². The highest BCUT2D eigenvalue weighted by atomic mass is 19.1. The summed E-state index contributed by atoms with van der Waals surface area (Å²) in [6, 6.07) is 20.2. The molecule has 0 aliphatic carbocycles. The Morgan fingerprint density at radius 3 is 2.59 bits per heavy atom. The van der Waals surface area contributed by atoms with Crippen molar-refractivity contribution in [1.29, 1.82) is 0 Å². The van der Waals surface area contributed by atoms with Crippen molar-refractivity contribution in [2.75, 3.05) is 10.6 Å². The van der Waals surface area contributed by atoms with Gasteiger partial charge in [-0.1, -0.05) is 48.5 Å². The van der Waals surface area contributed by atoms with E-state index in [4.69, 9.17) is 15.1 Å². The third-order valence-corrected chi connectivity index (χ3v) is 6.63. The van der Waals surface area contributed by atoms with Gasteiger partial charge in [0.25, 0.3) is 0 Å². The second-order valence-corrected chi connectivity index (χ2v) is 9.51. The van der Waals surface area contributed by atoms with E-state index in [1.165, 1.54) is 6.07 Å². The van der Waals surface area contributed by atoms with Crippen LogP contribution in [0.2, 0.25) is 0 Å². The minimum atomic E-state index is -0.805. The Morgan fingerprint density at radius 1 is 1.00 bits per heavy atom. The van der Waals surface area contributed by atoms with Gasteiger partial charge >= 0.3 is 0 Å². The molecule has 0 atom stereocenters. The zero-order valence-corrected chi connectivity index (χ0v) is 20.4. The largest absolute Gasteiger partial charge is 0.366 e. The normalized spacial score (nSPS) is 14.0. The van der Waals surface area contributed by atoms with Gasteiger partial charge in [-0.2, -0.15) is 5.10 Å². The number of benzene rings is 2. The number of fused-ring (bicyclic) bond motifs is 2. The topological polar surface area (TPSA) is 97.6 Å². The molecule has 0 saturated heterocycles. The first-order valence-corrected chi connectivity index (χ1v) is 12.0. The third-order valence-electron chi connectivity index (χ3n) is 6.63. The second kappa shape index (κ2) is 8.77. The monoisotopic (exact) mass is 493 g/mol. The van der Waals surface area contributed by atoms with Crippen LogP contribution in [0.4, 0.5) is 16.0 Å². The SMILES string of the molecule is CC1(C)C(=O)Nc2nc(-c3nn(Cc4ccccc4F)c4ncccc34)nc(NCc3ccccc3)c21. The highest BCUT2D eigenvalue weighted by Crippen LogP contribution is 2.42. The fraction of sp³-hybridized carbons (Fsp3) is 0.179. The Labute approximate surface area is 212 Å². The average Bonchev–Trinajstić information content (AvgIpc) is 3.38. The summed E-state index contributed by atoms with van der Waals surface area (Å²) in [5.41, 5.74) is 2.58. The molecule has 1 aliphatic rings. The molecule has 6 rings (SSSR count). The van der Waals surface area contributed by atoms with Crippen molar-refractivity contribution >= 4 is 28.6 Å². The van der Waals surface area contributed by atoms with Gasteiger partial charge in [0, 0.05) is 18.3 Å². The van der Waals surface area contributed by atoms with Crippen LogP contribution in [0, 0.1) is 5.82 Å². The highest BCUT2D eigenvalue weighted by molar-refractivity contribution is 6.06. The zero-order chi connectivity index (χ0) is 25.6. The van der Waals surface area contributed by atoms with Crippen LogP contribution in [0.3, 0.4) is 0 Å². The van der Waals surface area contributed by atoms with Crippen LogP contribution in [0.25, 0.3) is 22.6 Å². The third kappa shape index (κ3) is 3.98. The number of carbonyl (C=O) groups is 1. The number of aromatic nitrogens is 5. The molecular weight excluding hydrogens is 469 g/mol. The van der Waals surface area contributed by atoms with Crippen molar-refractivity contribution in [3.8, 4) is 11.5 Å². The summed E-state index contributed by atoms with van der Waals surface area (Å²) in [7, 11) is 0. The van der Waals surface area contributed by atoms with Crippen molar-refractivity contribution in [3.63, 3.8) is 0 Å². The molecule has 0 saturated carbocycles. The molecule has 1 aliphatic heterocycles. The lowest BCUT2D eigenvalue weighted by Gasteiger charge is -2.19. The number of halogens is 1. The molecule has 184 valence electrons. The molecule has 0 radical (unpaired) electrons. The van der Waals surface area contributed by atoms with Gasteiger partial charge in [0.15, 0.2) is 11.5 Å². The van der Waals surface area contributed by atoms with Gasteiger partial charge in [-0.05, 0) is 37.6 Å². The van der Waals surface area contributed by atoms with Crippen LogP contribution in [-0.2, 0) is 23.3 Å². The number of amides is 1. The summed E-state index contributed by atoms with van der Waals surface area (Å²) in [6.45, 7) is 4.44. The highest BCUT2D eigenvalue weighted by Gasteiger charge is 2.43. The summed E-state index contributed by atoms with van der Waals surface area (Å²) < 4.78 is 16.1. The smallest absolute Gasteiger partial charge is 0.235 e. The molecule has 4 heterocycles. The van der Waals surface area contributed by atoms with Gasteiger partial charge in [0.05, 0.1) is 22.9 Å². The minimum absolute atomic E-state index is 0.145. The van der Waals surface area contributed by atoms with Gasteiger partial charge in [0.2, 0.25) is 5.91 Å². The van der Waals surface area contributed by atoms with Gasteiger partial charge in [-0.25, -0.2) is 24.0 Å². The van der Waals surface area contributed by atoms with Crippen molar-refractivity contribution in [1.82, 2.24) is 24.7 Å². The molecule has 5 aromatic rings. The number of carbonyl (C=O) groups excluding carboxylic acids is 1. The summed E-state index contributed by atoms with van der Waals surface area (Å²) in [4.78, 5) is 26.9. The van der Waals surface area contributed by atoms with Crippen molar-refractivity contribution < 1.29 is 9.18 Å². The summed E-state index contributed by atoms with van der Waals surface area (Å²) in [6.07, 6.45) is 1.67. The molecule has 2 N–H and O–H groups in total. The van der Waals surface area contributed by atoms with Crippen molar-refractivity contribution in [3.05, 3.63) is 95.4 Å². The van der Waals surface area contributed by atoms with Gasteiger partial charge in [-0.15, -0.1) is 0 Å². The molecule has 0 unspecified atom stereocenters. The maximum Gasteiger partial charge on any atom is 0.235 e. The number of hydrogen-bond acceptors (Lipinski definition) is 6. The van der Waals surface area contributed by atoms with E-state index in [2.05, 4.69) is 15.6 Å². The number of nitrogens with zero attached hydrogens (tertiary/aromatic N) is 5. The van der Waals surface area contributed by atoms with Crippen molar-refractivity contribution in [2.24, 2.45) is 0 Å². The maximum atomic E-state index is 14.4. The lowest BCUT2D eigenvalue weighted by Crippen LogP contribution is -2.27. The summed E-state index contributed by atoms with van der Waals surface area (Å²) >= 11 is 0. The number of hydrogen-bond donors (Lipinski definition) is 2. The second-order valence-electron chi connectivity index (χ2n) is 9.51. The van der Waals surface area contributed by atoms with E-state index >= 15 is 0 Å². The Bertz CT molecular complexity index is 1650. The van der Waals surface area contributed by atoms with Gasteiger partial charge in [0.1, 0.15) is 23.1 Å². The zero-order valence-electron chi connectivity index (χ0n) is 20.4. The first kappa shape index (κ1) is 22.8. The predicted octanol–water partition coefficient (Wildman–Crippen LogP) is 4.92. The predicted molar refractivity (Wildman–Crippen MR) is 139 cm³/mol. The first-order valence-electron chi connectivity index (χ1n) is 12.0. The van der Waals surface area contributed by atoms with E-state index in [0.717, 1.165) is 10.9 Å². The van der Waals surface area contributed by atoms with Crippen molar-refractivity contribution in [2.45, 2.75) is 32.4 Å². The van der Waals surface area contributed by atoms with E-state index in [1.54, 1.807) is 29.1 Å². The minimum Gasteiger partial charge on any atom is -0.366 e. The molecule has 2 aromatic carbocycles. The number of anilines is 2. The van der Waals surface area contributed by atoms with Gasteiger partial charge in [-0.3, -0.25) is 4.79 Å². The van der Waals surface area contributed by atoms with Gasteiger partial charge < -0.3 is 10.6 Å². The molecule has 3 aromatic heterocycles. The Morgan fingerprint density at radius 2 is 1.78 bits per heavy atom. The Balaban J connectivity index is 1.47. The number of pyridine rings is 1. The maximum absolute atomic E-state index is 14.4. The standard InChI is InChI=1S/C28H24FN7O/c1-28(2)21-23(31-15-17-9-4-3-5-10-17)32-25(33-24(21)34-27(28)37)22-19-12-8-14-30-26(19)36(35-22)16-18-11-6-7-13-20(18)29/h3-14H,15-16H2,1-2H3,(H2,31,32,33,34,37). The molecule has 0 bridgehead atoms. The molecule has 8 nitrogen and oxygen atoms in total. The van der Waals surface area contributed by atoms with E-state index in [-0.39, 0.29) is 18.3 Å². The van der Waals surface area contributed by atoms with Crippen LogP contribution in [-0.4, -0.2) is 30.6 Å².